The lowest BCUT2D eigenvalue weighted by Gasteiger charge is -2.14. The molecule has 3 N–H and O–H groups in total. The van der Waals surface area contributed by atoms with E-state index in [4.69, 9.17) is 14.2 Å². The van der Waals surface area contributed by atoms with E-state index < -0.39 is 0 Å². The zero-order valence-electron chi connectivity index (χ0n) is 16.3. The Morgan fingerprint density at radius 3 is 2.38 bits per heavy atom. The Balaban J connectivity index is 1.72. The molecule has 2 amide bonds. The van der Waals surface area contributed by atoms with Crippen molar-refractivity contribution in [1.82, 2.24) is 0 Å². The third-order valence-electron chi connectivity index (χ3n) is 4.13. The molecule has 0 fully saturated rings. The number of fused-ring (bicyclic) bond motifs is 1. The topological polar surface area (TPSA) is 115 Å². The highest BCUT2D eigenvalue weighted by molar-refractivity contribution is 6.05. The van der Waals surface area contributed by atoms with Gasteiger partial charge in [-0.1, -0.05) is 0 Å². The molecule has 29 heavy (non-hydrogen) atoms. The summed E-state index contributed by atoms with van der Waals surface area (Å²) in [4.78, 5) is 35.6. The normalized spacial score (nSPS) is 11.6. The molecule has 0 bridgehead atoms. The van der Waals surface area contributed by atoms with Gasteiger partial charge in [0.15, 0.2) is 17.3 Å². The number of hydrogen-bond donors (Lipinski definition) is 3. The Morgan fingerprint density at radius 2 is 1.72 bits per heavy atom. The van der Waals surface area contributed by atoms with Crippen LogP contribution >= 0.6 is 0 Å². The predicted molar refractivity (Wildman–Crippen MR) is 107 cm³/mol. The molecule has 1 aliphatic rings. The van der Waals surface area contributed by atoms with Crippen molar-refractivity contribution in [2.45, 2.75) is 13.8 Å². The van der Waals surface area contributed by atoms with Crippen LogP contribution in [0.5, 0.6) is 17.2 Å². The maximum absolute atomic E-state index is 12.5. The summed E-state index contributed by atoms with van der Waals surface area (Å²) < 4.78 is 15.9. The number of carbonyl (C=O) groups is 3. The van der Waals surface area contributed by atoms with Crippen molar-refractivity contribution < 1.29 is 28.6 Å². The fraction of sp³-hybridized carbons (Fsp3) is 0.250. The number of anilines is 3. The quantitative estimate of drug-likeness (QED) is 0.613. The van der Waals surface area contributed by atoms with Gasteiger partial charge in [-0.15, -0.1) is 0 Å². The standard InChI is InChI=1S/C20H21N3O6/c1-11(24)14-7-18-19(29-10-28-18)8-15(14)23-20(26)9-21-16-6-13(22-12(2)25)4-5-17(16)27-3/h4-8,21H,9-10H2,1-3H3,(H,22,25)(H,23,26). The summed E-state index contributed by atoms with van der Waals surface area (Å²) in [5, 5.41) is 8.35. The molecule has 0 radical (unpaired) electrons. The monoisotopic (exact) mass is 399 g/mol. The van der Waals surface area contributed by atoms with E-state index in [-0.39, 0.29) is 30.9 Å². The van der Waals surface area contributed by atoms with E-state index in [2.05, 4.69) is 16.0 Å². The van der Waals surface area contributed by atoms with Crippen LogP contribution in [0.4, 0.5) is 17.1 Å². The first kappa shape index (κ1) is 20.0. The van der Waals surface area contributed by atoms with E-state index in [1.807, 2.05) is 0 Å². The van der Waals surface area contributed by atoms with Gasteiger partial charge in [0.05, 0.1) is 25.0 Å². The number of hydrogen-bond acceptors (Lipinski definition) is 7. The van der Waals surface area contributed by atoms with Crippen molar-refractivity contribution in [3.05, 3.63) is 35.9 Å². The maximum atomic E-state index is 12.5. The molecule has 0 saturated heterocycles. The van der Waals surface area contributed by atoms with E-state index in [1.165, 1.54) is 21.0 Å². The van der Waals surface area contributed by atoms with Crippen LogP contribution in [-0.2, 0) is 9.59 Å². The summed E-state index contributed by atoms with van der Waals surface area (Å²) in [6.07, 6.45) is 0. The fourth-order valence-electron chi connectivity index (χ4n) is 2.83. The van der Waals surface area contributed by atoms with E-state index in [1.54, 1.807) is 30.3 Å². The largest absolute Gasteiger partial charge is 0.495 e. The summed E-state index contributed by atoms with van der Waals surface area (Å²) >= 11 is 0. The van der Waals surface area contributed by atoms with E-state index in [9.17, 15) is 14.4 Å². The molecule has 0 unspecified atom stereocenters. The summed E-state index contributed by atoms with van der Waals surface area (Å²) in [5.41, 5.74) is 1.77. The van der Waals surface area contributed by atoms with E-state index in [0.717, 1.165) is 0 Å². The van der Waals surface area contributed by atoms with Crippen LogP contribution in [0.2, 0.25) is 0 Å². The Bertz CT molecular complexity index is 973. The molecule has 3 rings (SSSR count). The highest BCUT2D eigenvalue weighted by Gasteiger charge is 2.20. The third-order valence-corrected chi connectivity index (χ3v) is 4.13. The number of amides is 2. The van der Waals surface area contributed by atoms with Crippen LogP contribution < -0.4 is 30.2 Å². The van der Waals surface area contributed by atoms with Gasteiger partial charge in [-0.25, -0.2) is 0 Å². The van der Waals surface area contributed by atoms with Crippen molar-refractivity contribution >= 4 is 34.7 Å². The van der Waals surface area contributed by atoms with Crippen molar-refractivity contribution in [2.75, 3.05) is 36.4 Å². The number of ketones is 1. The molecule has 0 spiro atoms. The van der Waals surface area contributed by atoms with E-state index >= 15 is 0 Å². The fourth-order valence-corrected chi connectivity index (χ4v) is 2.83. The summed E-state index contributed by atoms with van der Waals surface area (Å²) in [5.74, 6) is 0.640. The second kappa shape index (κ2) is 8.51. The summed E-state index contributed by atoms with van der Waals surface area (Å²) in [6.45, 7) is 2.79. The van der Waals surface area contributed by atoms with Crippen molar-refractivity contribution in [2.24, 2.45) is 0 Å². The average molecular weight is 399 g/mol. The van der Waals surface area contributed by atoms with Crippen LogP contribution in [-0.4, -0.2) is 38.0 Å². The van der Waals surface area contributed by atoms with Crippen LogP contribution in [0.15, 0.2) is 30.3 Å². The van der Waals surface area contributed by atoms with Crippen LogP contribution in [0.3, 0.4) is 0 Å². The molecule has 1 aliphatic heterocycles. The molecule has 9 heteroatoms. The summed E-state index contributed by atoms with van der Waals surface area (Å²) in [6, 6.07) is 8.14. The average Bonchev–Trinajstić information content (AvgIpc) is 3.12. The molecule has 0 saturated carbocycles. The van der Waals surface area contributed by atoms with E-state index in [0.29, 0.717) is 39.9 Å². The highest BCUT2D eigenvalue weighted by atomic mass is 16.7. The number of ether oxygens (including phenoxy) is 3. The molecule has 2 aromatic carbocycles. The minimum Gasteiger partial charge on any atom is -0.495 e. The molecule has 0 atom stereocenters. The second-order valence-electron chi connectivity index (χ2n) is 6.31. The van der Waals surface area contributed by atoms with Gasteiger partial charge in [-0.3, -0.25) is 14.4 Å². The number of carbonyl (C=O) groups excluding carboxylic acids is 3. The van der Waals surface area contributed by atoms with Gasteiger partial charge < -0.3 is 30.2 Å². The number of benzene rings is 2. The SMILES string of the molecule is COc1ccc(NC(C)=O)cc1NCC(=O)Nc1cc2c(cc1C(C)=O)OCO2. The minimum atomic E-state index is -0.377. The van der Waals surface area contributed by atoms with Gasteiger partial charge in [0, 0.05) is 24.2 Å². The smallest absolute Gasteiger partial charge is 0.243 e. The molecular formula is C20H21N3O6. The van der Waals surface area contributed by atoms with Gasteiger partial charge in [0.1, 0.15) is 5.75 Å². The molecule has 9 nitrogen and oxygen atoms in total. The van der Waals surface area contributed by atoms with Crippen LogP contribution in [0, 0.1) is 0 Å². The zero-order valence-corrected chi connectivity index (χ0v) is 16.3. The Hall–Kier alpha value is -3.75. The summed E-state index contributed by atoms with van der Waals surface area (Å²) in [7, 11) is 1.50. The van der Waals surface area contributed by atoms with Crippen LogP contribution in [0.25, 0.3) is 0 Å². The number of Topliss-reactive ketones (excluding diaryl/α,β-unsaturated/α-hetero) is 1. The zero-order chi connectivity index (χ0) is 21.0. The van der Waals surface area contributed by atoms with Crippen molar-refractivity contribution in [3.8, 4) is 17.2 Å². The second-order valence-corrected chi connectivity index (χ2v) is 6.31. The molecule has 1 heterocycles. The maximum Gasteiger partial charge on any atom is 0.243 e. The van der Waals surface area contributed by atoms with Crippen molar-refractivity contribution in [1.29, 1.82) is 0 Å². The Labute approximate surface area is 167 Å². The number of nitrogens with one attached hydrogen (secondary N) is 3. The van der Waals surface area contributed by atoms with Gasteiger partial charge >= 0.3 is 0 Å². The first-order chi connectivity index (χ1) is 13.9. The highest BCUT2D eigenvalue weighted by Crippen LogP contribution is 2.37. The molecule has 152 valence electrons. The van der Waals surface area contributed by atoms with Gasteiger partial charge in [0.2, 0.25) is 18.6 Å². The molecule has 2 aromatic rings. The third kappa shape index (κ3) is 4.75. The molecule has 0 aromatic heterocycles. The lowest BCUT2D eigenvalue weighted by atomic mass is 10.1. The minimum absolute atomic E-state index is 0.0655. The first-order valence-electron chi connectivity index (χ1n) is 8.81. The lowest BCUT2D eigenvalue weighted by molar-refractivity contribution is -0.115. The first-order valence-corrected chi connectivity index (χ1v) is 8.81. The molecular weight excluding hydrogens is 378 g/mol. The number of methoxy groups -OCH3 is 1. The number of rotatable bonds is 7. The van der Waals surface area contributed by atoms with Crippen LogP contribution in [0.1, 0.15) is 24.2 Å². The Kier molecular flexibility index (Phi) is 5.87. The van der Waals surface area contributed by atoms with Gasteiger partial charge in [-0.05, 0) is 31.2 Å². The van der Waals surface area contributed by atoms with Gasteiger partial charge in [-0.2, -0.15) is 0 Å². The van der Waals surface area contributed by atoms with Gasteiger partial charge in [0.25, 0.3) is 0 Å². The van der Waals surface area contributed by atoms with Crippen molar-refractivity contribution in [3.63, 3.8) is 0 Å². The predicted octanol–water partition coefficient (Wildman–Crippen LogP) is 2.64. The Morgan fingerprint density at radius 1 is 1.00 bits per heavy atom. The lowest BCUT2D eigenvalue weighted by Crippen LogP contribution is -2.23. The molecule has 0 aliphatic carbocycles.